The molecule has 1 saturated heterocycles. The molecule has 0 aliphatic carbocycles. The van der Waals surface area contributed by atoms with Crippen LogP contribution in [0, 0.1) is 23.7 Å². The minimum atomic E-state index is -0.386. The summed E-state index contributed by atoms with van der Waals surface area (Å²) in [6, 6.07) is 5.32. The van der Waals surface area contributed by atoms with Crippen molar-refractivity contribution in [3.63, 3.8) is 0 Å². The lowest BCUT2D eigenvalue weighted by Gasteiger charge is -2.37. The number of hydrogen-bond acceptors (Lipinski definition) is 5. The van der Waals surface area contributed by atoms with E-state index in [1.54, 1.807) is 24.0 Å². The summed E-state index contributed by atoms with van der Waals surface area (Å²) < 4.78 is 0. The smallest absolute Gasteiger partial charge is 0.272 e. The van der Waals surface area contributed by atoms with Crippen molar-refractivity contribution in [3.8, 4) is 6.07 Å². The number of hydrogen-bond donors (Lipinski definition) is 1. The number of carbonyl (C=O) groups is 1. The third kappa shape index (κ3) is 4.31. The number of aromatic nitrogens is 1. The normalized spacial score (nSPS) is 17.4. The van der Waals surface area contributed by atoms with Gasteiger partial charge in [-0.2, -0.15) is 5.26 Å². The number of β-amino-alcohol motifs (C(OH)–C–C–N with tert-alkyl or cyclic N) is 1. The standard InChI is InChI=1S/C18H26N4O2/c1-13-14(11-19)5-6-15(20-13)17(24)22-9-7-21(8-10-22)12-16(23)18(2,3)4/h5-6,16,23H,7-10,12H2,1-4H3/t16-/m1/s1. The van der Waals surface area contributed by atoms with Crippen LogP contribution in [0.15, 0.2) is 12.1 Å². The number of nitrogens with zero attached hydrogens (tertiary/aromatic N) is 4. The fourth-order valence-corrected chi connectivity index (χ4v) is 2.61. The van der Waals surface area contributed by atoms with E-state index in [1.807, 2.05) is 20.8 Å². The van der Waals surface area contributed by atoms with E-state index >= 15 is 0 Å². The van der Waals surface area contributed by atoms with E-state index in [0.29, 0.717) is 36.6 Å². The number of nitriles is 1. The Bertz CT molecular complexity index is 637. The molecule has 1 aromatic heterocycles. The van der Waals surface area contributed by atoms with Gasteiger partial charge in [0.05, 0.1) is 17.4 Å². The molecule has 2 rings (SSSR count). The minimum absolute atomic E-state index is 0.0985. The van der Waals surface area contributed by atoms with E-state index in [1.165, 1.54) is 0 Å². The van der Waals surface area contributed by atoms with Crippen molar-refractivity contribution in [1.82, 2.24) is 14.8 Å². The summed E-state index contributed by atoms with van der Waals surface area (Å²) in [4.78, 5) is 20.8. The molecule has 2 heterocycles. The van der Waals surface area contributed by atoms with Crippen LogP contribution in [0.5, 0.6) is 0 Å². The van der Waals surface area contributed by atoms with Crippen LogP contribution in [0.2, 0.25) is 0 Å². The van der Waals surface area contributed by atoms with Crippen molar-refractivity contribution in [2.75, 3.05) is 32.7 Å². The number of piperazine rings is 1. The van der Waals surface area contributed by atoms with E-state index in [4.69, 9.17) is 5.26 Å². The number of amides is 1. The Kier molecular flexibility index (Phi) is 5.58. The lowest BCUT2D eigenvalue weighted by molar-refractivity contribution is 0.0136. The molecule has 1 aliphatic heterocycles. The van der Waals surface area contributed by atoms with Crippen molar-refractivity contribution >= 4 is 5.91 Å². The van der Waals surface area contributed by atoms with E-state index in [-0.39, 0.29) is 17.4 Å². The van der Waals surface area contributed by atoms with Gasteiger partial charge in [0.1, 0.15) is 11.8 Å². The van der Waals surface area contributed by atoms with Crippen LogP contribution in [-0.2, 0) is 0 Å². The SMILES string of the molecule is Cc1nc(C(=O)N2CCN(C[C@@H](O)C(C)(C)C)CC2)ccc1C#N. The molecule has 0 radical (unpaired) electrons. The van der Waals surface area contributed by atoms with Gasteiger partial charge in [-0.3, -0.25) is 9.69 Å². The lowest BCUT2D eigenvalue weighted by Crippen LogP contribution is -2.51. The van der Waals surface area contributed by atoms with E-state index in [0.717, 1.165) is 13.1 Å². The summed E-state index contributed by atoms with van der Waals surface area (Å²) in [5, 5.41) is 19.2. The predicted octanol–water partition coefficient (Wildman–Crippen LogP) is 1.43. The average molecular weight is 330 g/mol. The summed E-state index contributed by atoms with van der Waals surface area (Å²) in [6.07, 6.45) is -0.386. The first kappa shape index (κ1) is 18.4. The highest BCUT2D eigenvalue weighted by Crippen LogP contribution is 2.20. The number of aliphatic hydroxyl groups excluding tert-OH is 1. The van der Waals surface area contributed by atoms with E-state index in [9.17, 15) is 9.90 Å². The molecule has 1 aliphatic rings. The maximum atomic E-state index is 12.6. The van der Waals surface area contributed by atoms with Crippen molar-refractivity contribution < 1.29 is 9.90 Å². The van der Waals surface area contributed by atoms with Crippen molar-refractivity contribution in [1.29, 1.82) is 5.26 Å². The first-order valence-electron chi connectivity index (χ1n) is 8.30. The highest BCUT2D eigenvalue weighted by atomic mass is 16.3. The topological polar surface area (TPSA) is 80.5 Å². The highest BCUT2D eigenvalue weighted by Gasteiger charge is 2.28. The Labute approximate surface area is 143 Å². The number of carbonyl (C=O) groups excluding carboxylic acids is 1. The summed E-state index contributed by atoms with van der Waals surface area (Å²) in [5.41, 5.74) is 1.31. The van der Waals surface area contributed by atoms with Crippen molar-refractivity contribution in [2.45, 2.75) is 33.8 Å². The van der Waals surface area contributed by atoms with Gasteiger partial charge in [0.25, 0.3) is 5.91 Å². The monoisotopic (exact) mass is 330 g/mol. The van der Waals surface area contributed by atoms with Crippen molar-refractivity contribution in [3.05, 3.63) is 29.1 Å². The number of rotatable bonds is 3. The van der Waals surface area contributed by atoms with Gasteiger partial charge in [-0.25, -0.2) is 4.98 Å². The fourth-order valence-electron chi connectivity index (χ4n) is 2.61. The molecule has 0 saturated carbocycles. The first-order valence-corrected chi connectivity index (χ1v) is 8.30. The molecule has 130 valence electrons. The summed E-state index contributed by atoms with van der Waals surface area (Å²) in [5.74, 6) is -0.0985. The minimum Gasteiger partial charge on any atom is -0.391 e. The maximum absolute atomic E-state index is 12.6. The molecular formula is C18H26N4O2. The number of aliphatic hydroxyl groups is 1. The summed E-state index contributed by atoms with van der Waals surface area (Å²) >= 11 is 0. The molecule has 0 unspecified atom stereocenters. The second kappa shape index (κ2) is 7.29. The molecule has 24 heavy (non-hydrogen) atoms. The third-order valence-corrected chi connectivity index (χ3v) is 4.52. The van der Waals surface area contributed by atoms with Gasteiger partial charge in [-0.05, 0) is 24.5 Å². The lowest BCUT2D eigenvalue weighted by atomic mass is 9.89. The van der Waals surface area contributed by atoms with Crippen LogP contribution in [-0.4, -0.2) is 64.6 Å². The van der Waals surface area contributed by atoms with Gasteiger partial charge in [-0.15, -0.1) is 0 Å². The first-order chi connectivity index (χ1) is 11.2. The summed E-state index contributed by atoms with van der Waals surface area (Å²) in [6.45, 7) is 11.2. The molecule has 6 nitrogen and oxygen atoms in total. The Hall–Kier alpha value is -1.97. The Morgan fingerprint density at radius 3 is 2.46 bits per heavy atom. The molecule has 1 fully saturated rings. The van der Waals surface area contributed by atoms with Gasteiger partial charge >= 0.3 is 0 Å². The van der Waals surface area contributed by atoms with Crippen molar-refractivity contribution in [2.24, 2.45) is 5.41 Å². The molecular weight excluding hydrogens is 304 g/mol. The maximum Gasteiger partial charge on any atom is 0.272 e. The van der Waals surface area contributed by atoms with E-state index < -0.39 is 0 Å². The van der Waals surface area contributed by atoms with Crippen LogP contribution in [0.3, 0.4) is 0 Å². The molecule has 6 heteroatoms. The second-order valence-electron chi connectivity index (χ2n) is 7.42. The molecule has 1 atom stereocenters. The molecule has 0 bridgehead atoms. The van der Waals surface area contributed by atoms with Crippen LogP contribution in [0.25, 0.3) is 0 Å². The van der Waals surface area contributed by atoms with Gasteiger partial charge in [0.15, 0.2) is 0 Å². The quantitative estimate of drug-likeness (QED) is 0.907. The largest absolute Gasteiger partial charge is 0.391 e. The zero-order valence-electron chi connectivity index (χ0n) is 14.9. The molecule has 1 amide bonds. The van der Waals surface area contributed by atoms with E-state index in [2.05, 4.69) is 16.0 Å². The average Bonchev–Trinajstić information content (AvgIpc) is 2.54. The Balaban J connectivity index is 1.93. The molecule has 0 spiro atoms. The Morgan fingerprint density at radius 2 is 1.96 bits per heavy atom. The summed E-state index contributed by atoms with van der Waals surface area (Å²) in [7, 11) is 0. The zero-order chi connectivity index (χ0) is 17.9. The van der Waals surface area contributed by atoms with Crippen LogP contribution < -0.4 is 0 Å². The molecule has 1 aromatic rings. The number of aryl methyl sites for hydroxylation is 1. The van der Waals surface area contributed by atoms with Gasteiger partial charge < -0.3 is 10.0 Å². The molecule has 0 aromatic carbocycles. The van der Waals surface area contributed by atoms with Gasteiger partial charge in [0, 0.05) is 32.7 Å². The molecule has 1 N–H and O–H groups in total. The van der Waals surface area contributed by atoms with Crippen LogP contribution >= 0.6 is 0 Å². The van der Waals surface area contributed by atoms with Gasteiger partial charge in [-0.1, -0.05) is 20.8 Å². The number of pyridine rings is 1. The van der Waals surface area contributed by atoms with Crippen LogP contribution in [0.1, 0.15) is 42.5 Å². The fraction of sp³-hybridized carbons (Fsp3) is 0.611. The third-order valence-electron chi connectivity index (χ3n) is 4.52. The highest BCUT2D eigenvalue weighted by molar-refractivity contribution is 5.92. The van der Waals surface area contributed by atoms with Crippen LogP contribution in [0.4, 0.5) is 0 Å². The zero-order valence-corrected chi connectivity index (χ0v) is 14.9. The predicted molar refractivity (Wildman–Crippen MR) is 91.5 cm³/mol. The van der Waals surface area contributed by atoms with Gasteiger partial charge in [0.2, 0.25) is 0 Å². The Morgan fingerprint density at radius 1 is 1.33 bits per heavy atom. The second-order valence-corrected chi connectivity index (χ2v) is 7.42.